The third-order valence-corrected chi connectivity index (χ3v) is 3.25. The number of anilines is 1. The minimum absolute atomic E-state index is 0.154. The van der Waals surface area contributed by atoms with Crippen LogP contribution in [-0.2, 0) is 16.1 Å². The van der Waals surface area contributed by atoms with Crippen molar-refractivity contribution in [1.82, 2.24) is 9.78 Å². The first kappa shape index (κ1) is 14.0. The molecule has 1 fully saturated rings. The highest BCUT2D eigenvalue weighted by atomic mass is 16.5. The average molecular weight is 266 g/mol. The summed E-state index contributed by atoms with van der Waals surface area (Å²) in [6.45, 7) is 3.57. The van der Waals surface area contributed by atoms with Gasteiger partial charge in [0.25, 0.3) is 0 Å². The van der Waals surface area contributed by atoms with Crippen LogP contribution in [0.2, 0.25) is 0 Å². The predicted octanol–water partition coefficient (Wildman–Crippen LogP) is 1.13. The highest BCUT2D eigenvalue weighted by molar-refractivity contribution is 5.94. The van der Waals surface area contributed by atoms with E-state index in [2.05, 4.69) is 10.4 Å². The van der Waals surface area contributed by atoms with Crippen LogP contribution in [0.4, 0.5) is 5.69 Å². The van der Waals surface area contributed by atoms with Crippen LogP contribution in [0.25, 0.3) is 0 Å². The molecule has 1 amide bonds. The highest BCUT2D eigenvalue weighted by Crippen LogP contribution is 2.15. The van der Waals surface area contributed by atoms with E-state index >= 15 is 0 Å². The summed E-state index contributed by atoms with van der Waals surface area (Å²) in [4.78, 5) is 11.8. The van der Waals surface area contributed by atoms with Gasteiger partial charge in [0.2, 0.25) is 5.91 Å². The normalized spacial score (nSPS) is 20.4. The smallest absolute Gasteiger partial charge is 0.241 e. The molecule has 1 unspecified atom stereocenters. The third kappa shape index (κ3) is 4.04. The number of hydrogen-bond acceptors (Lipinski definition) is 4. The van der Waals surface area contributed by atoms with Crippen molar-refractivity contribution in [3.63, 3.8) is 0 Å². The Morgan fingerprint density at radius 3 is 3.26 bits per heavy atom. The Kier molecular flexibility index (Phi) is 4.93. The Labute approximate surface area is 113 Å². The van der Waals surface area contributed by atoms with Gasteiger partial charge in [0.1, 0.15) is 0 Å². The second-order valence-electron chi connectivity index (χ2n) is 4.97. The Morgan fingerprint density at radius 2 is 2.58 bits per heavy atom. The zero-order valence-corrected chi connectivity index (χ0v) is 11.3. The van der Waals surface area contributed by atoms with Gasteiger partial charge in [0.15, 0.2) is 0 Å². The van der Waals surface area contributed by atoms with Gasteiger partial charge in [-0.1, -0.05) is 13.3 Å². The van der Waals surface area contributed by atoms with Crippen LogP contribution < -0.4 is 11.1 Å². The first-order chi connectivity index (χ1) is 9.19. The van der Waals surface area contributed by atoms with E-state index in [1.54, 1.807) is 10.9 Å². The Hall–Kier alpha value is -1.40. The van der Waals surface area contributed by atoms with E-state index < -0.39 is 6.04 Å². The molecule has 6 nitrogen and oxygen atoms in total. The fourth-order valence-electron chi connectivity index (χ4n) is 2.20. The number of ether oxygens (including phenoxy) is 1. The SMILES string of the molecule is CCC[C@@H](N)C(=O)Nc1cnn(CC2CCCO2)c1. The molecule has 6 heteroatoms. The number of carbonyl (C=O) groups is 1. The fraction of sp³-hybridized carbons (Fsp3) is 0.692. The molecule has 2 atom stereocenters. The number of amides is 1. The van der Waals surface area contributed by atoms with Gasteiger partial charge in [-0.3, -0.25) is 9.48 Å². The lowest BCUT2D eigenvalue weighted by atomic mass is 10.2. The number of carbonyl (C=O) groups excluding carboxylic acids is 1. The monoisotopic (exact) mass is 266 g/mol. The lowest BCUT2D eigenvalue weighted by molar-refractivity contribution is -0.117. The summed E-state index contributed by atoms with van der Waals surface area (Å²) >= 11 is 0. The summed E-state index contributed by atoms with van der Waals surface area (Å²) in [5.74, 6) is -0.154. The zero-order valence-electron chi connectivity index (χ0n) is 11.3. The maximum Gasteiger partial charge on any atom is 0.241 e. The summed E-state index contributed by atoms with van der Waals surface area (Å²) in [5.41, 5.74) is 6.44. The van der Waals surface area contributed by atoms with Gasteiger partial charge in [-0.05, 0) is 19.3 Å². The van der Waals surface area contributed by atoms with E-state index in [0.29, 0.717) is 12.1 Å². The van der Waals surface area contributed by atoms with Crippen molar-refractivity contribution in [1.29, 1.82) is 0 Å². The van der Waals surface area contributed by atoms with E-state index in [9.17, 15) is 4.79 Å². The summed E-state index contributed by atoms with van der Waals surface area (Å²) < 4.78 is 7.35. The van der Waals surface area contributed by atoms with Crippen molar-refractivity contribution < 1.29 is 9.53 Å². The second-order valence-corrected chi connectivity index (χ2v) is 4.97. The van der Waals surface area contributed by atoms with Crippen LogP contribution in [0, 0.1) is 0 Å². The Morgan fingerprint density at radius 1 is 1.74 bits per heavy atom. The molecule has 0 aromatic carbocycles. The highest BCUT2D eigenvalue weighted by Gasteiger charge is 2.17. The summed E-state index contributed by atoms with van der Waals surface area (Å²) in [7, 11) is 0. The summed E-state index contributed by atoms with van der Waals surface area (Å²) in [6, 6.07) is -0.452. The molecule has 0 saturated carbocycles. The fourth-order valence-corrected chi connectivity index (χ4v) is 2.20. The molecule has 1 aliphatic rings. The maximum absolute atomic E-state index is 11.8. The summed E-state index contributed by atoms with van der Waals surface area (Å²) in [6.07, 6.45) is 7.47. The minimum Gasteiger partial charge on any atom is -0.376 e. The van der Waals surface area contributed by atoms with Crippen molar-refractivity contribution in [2.45, 2.75) is 51.3 Å². The number of aromatic nitrogens is 2. The zero-order chi connectivity index (χ0) is 13.7. The molecule has 0 bridgehead atoms. The maximum atomic E-state index is 11.8. The summed E-state index contributed by atoms with van der Waals surface area (Å²) in [5, 5.41) is 7.00. The van der Waals surface area contributed by atoms with Gasteiger partial charge in [-0.2, -0.15) is 5.10 Å². The van der Waals surface area contributed by atoms with Gasteiger partial charge in [-0.25, -0.2) is 0 Å². The van der Waals surface area contributed by atoms with Crippen molar-refractivity contribution in [2.75, 3.05) is 11.9 Å². The number of nitrogens with zero attached hydrogens (tertiary/aromatic N) is 2. The van der Waals surface area contributed by atoms with Crippen molar-refractivity contribution >= 4 is 11.6 Å². The quantitative estimate of drug-likeness (QED) is 0.808. The van der Waals surface area contributed by atoms with Crippen LogP contribution in [0.15, 0.2) is 12.4 Å². The largest absolute Gasteiger partial charge is 0.376 e. The molecule has 1 aromatic rings. The molecule has 2 rings (SSSR count). The van der Waals surface area contributed by atoms with Crippen LogP contribution in [0.1, 0.15) is 32.6 Å². The van der Waals surface area contributed by atoms with Gasteiger partial charge >= 0.3 is 0 Å². The molecule has 19 heavy (non-hydrogen) atoms. The first-order valence-corrected chi connectivity index (χ1v) is 6.89. The lowest BCUT2D eigenvalue weighted by Gasteiger charge is -2.10. The van der Waals surface area contributed by atoms with Gasteiger partial charge < -0.3 is 15.8 Å². The van der Waals surface area contributed by atoms with E-state index in [-0.39, 0.29) is 12.0 Å². The average Bonchev–Trinajstić information content (AvgIpc) is 3.02. The minimum atomic E-state index is -0.452. The second kappa shape index (κ2) is 6.68. The number of nitrogens with one attached hydrogen (secondary N) is 1. The van der Waals surface area contributed by atoms with Gasteiger partial charge in [0, 0.05) is 12.8 Å². The Bertz CT molecular complexity index is 413. The van der Waals surface area contributed by atoms with Crippen molar-refractivity contribution in [3.05, 3.63) is 12.4 Å². The van der Waals surface area contributed by atoms with Gasteiger partial charge in [0.05, 0.1) is 30.6 Å². The molecule has 1 saturated heterocycles. The standard InChI is InChI=1S/C13H22N4O2/c1-2-4-12(14)13(18)16-10-7-15-17(8-10)9-11-5-3-6-19-11/h7-8,11-12H,2-6,9,14H2,1H3,(H,16,18)/t11?,12-/m1/s1. The number of hydrogen-bond donors (Lipinski definition) is 2. The van der Waals surface area contributed by atoms with Crippen LogP contribution >= 0.6 is 0 Å². The molecule has 2 heterocycles. The molecule has 0 radical (unpaired) electrons. The van der Waals surface area contributed by atoms with Gasteiger partial charge in [-0.15, -0.1) is 0 Å². The molecular weight excluding hydrogens is 244 g/mol. The molecule has 1 aliphatic heterocycles. The molecule has 3 N–H and O–H groups in total. The van der Waals surface area contributed by atoms with Crippen molar-refractivity contribution in [3.8, 4) is 0 Å². The van der Waals surface area contributed by atoms with E-state index in [0.717, 1.165) is 32.4 Å². The lowest BCUT2D eigenvalue weighted by Crippen LogP contribution is -2.35. The first-order valence-electron chi connectivity index (χ1n) is 6.89. The molecule has 1 aromatic heterocycles. The molecule has 106 valence electrons. The van der Waals surface area contributed by atoms with E-state index in [1.165, 1.54) is 0 Å². The van der Waals surface area contributed by atoms with E-state index in [4.69, 9.17) is 10.5 Å². The third-order valence-electron chi connectivity index (χ3n) is 3.25. The van der Waals surface area contributed by atoms with Crippen molar-refractivity contribution in [2.24, 2.45) is 5.73 Å². The Balaban J connectivity index is 1.84. The molecule has 0 aliphatic carbocycles. The predicted molar refractivity (Wildman–Crippen MR) is 72.7 cm³/mol. The van der Waals surface area contributed by atoms with E-state index in [1.807, 2.05) is 13.1 Å². The topological polar surface area (TPSA) is 82.2 Å². The molecular formula is C13H22N4O2. The van der Waals surface area contributed by atoms with Crippen LogP contribution in [0.5, 0.6) is 0 Å². The number of rotatable bonds is 6. The van der Waals surface area contributed by atoms with Crippen LogP contribution in [-0.4, -0.2) is 34.4 Å². The van der Waals surface area contributed by atoms with Crippen LogP contribution in [0.3, 0.4) is 0 Å². The number of nitrogens with two attached hydrogens (primary N) is 1. The molecule has 0 spiro atoms.